The van der Waals surface area contributed by atoms with E-state index in [1.54, 1.807) is 6.92 Å². The minimum atomic E-state index is -0.562. The van der Waals surface area contributed by atoms with E-state index in [0.717, 1.165) is 6.42 Å². The van der Waals surface area contributed by atoms with Gasteiger partial charge in [0, 0.05) is 5.41 Å². The number of carbonyl (C=O) groups is 2. The van der Waals surface area contributed by atoms with E-state index in [-0.39, 0.29) is 23.7 Å². The van der Waals surface area contributed by atoms with Crippen molar-refractivity contribution in [3.05, 3.63) is 0 Å². The fourth-order valence-electron chi connectivity index (χ4n) is 0.765. The molecule has 0 aliphatic heterocycles. The molecule has 0 bridgehead atoms. The zero-order valence-corrected chi connectivity index (χ0v) is 9.39. The molecule has 4 nitrogen and oxygen atoms in total. The Kier molecular flexibility index (Phi) is 4.77. The summed E-state index contributed by atoms with van der Waals surface area (Å²) >= 11 is 0. The first-order valence-electron chi connectivity index (χ1n) is 4.88. The molecule has 1 unspecified atom stereocenters. The first kappa shape index (κ1) is 13.1. The van der Waals surface area contributed by atoms with E-state index in [9.17, 15) is 9.59 Å². The van der Waals surface area contributed by atoms with Gasteiger partial charge >= 0.3 is 0 Å². The predicted molar refractivity (Wildman–Crippen MR) is 55.7 cm³/mol. The van der Waals surface area contributed by atoms with Crippen LogP contribution in [0.25, 0.3) is 0 Å². The molecule has 1 amide bonds. The van der Waals surface area contributed by atoms with Crippen LogP contribution in [0.3, 0.4) is 0 Å². The molecule has 0 aromatic rings. The van der Waals surface area contributed by atoms with Crippen molar-refractivity contribution in [2.24, 2.45) is 11.1 Å². The van der Waals surface area contributed by atoms with Gasteiger partial charge in [-0.3, -0.25) is 9.59 Å². The number of hydrogen-bond donors (Lipinski definition) is 2. The molecule has 0 aliphatic rings. The van der Waals surface area contributed by atoms with Crippen molar-refractivity contribution in [2.45, 2.75) is 40.2 Å². The van der Waals surface area contributed by atoms with Crippen LogP contribution in [-0.4, -0.2) is 24.3 Å². The molecule has 3 N–H and O–H groups in total. The number of hydrogen-bond acceptors (Lipinski definition) is 3. The molecule has 0 aliphatic carbocycles. The molecule has 0 heterocycles. The van der Waals surface area contributed by atoms with E-state index in [0.29, 0.717) is 0 Å². The molecule has 0 rings (SSSR count). The molecule has 0 saturated carbocycles. The van der Waals surface area contributed by atoms with Crippen molar-refractivity contribution in [1.82, 2.24) is 5.32 Å². The highest BCUT2D eigenvalue weighted by atomic mass is 16.2. The van der Waals surface area contributed by atoms with Gasteiger partial charge in [-0.25, -0.2) is 0 Å². The summed E-state index contributed by atoms with van der Waals surface area (Å²) in [6.45, 7) is 7.35. The van der Waals surface area contributed by atoms with Gasteiger partial charge in [-0.05, 0) is 13.3 Å². The molecular weight excluding hydrogens is 180 g/mol. The number of carbonyl (C=O) groups excluding carboxylic acids is 2. The van der Waals surface area contributed by atoms with Crippen LogP contribution in [0.1, 0.15) is 34.1 Å². The number of Topliss-reactive ketones (excluding diaryl/α,β-unsaturated/α-hetero) is 1. The van der Waals surface area contributed by atoms with Crippen LogP contribution in [0, 0.1) is 5.41 Å². The van der Waals surface area contributed by atoms with Gasteiger partial charge in [-0.15, -0.1) is 0 Å². The number of rotatable bonds is 5. The Balaban J connectivity index is 4.04. The highest BCUT2D eigenvalue weighted by Crippen LogP contribution is 2.20. The van der Waals surface area contributed by atoms with Crippen LogP contribution in [-0.2, 0) is 9.59 Å². The van der Waals surface area contributed by atoms with Gasteiger partial charge in [0.25, 0.3) is 0 Å². The van der Waals surface area contributed by atoms with Crippen LogP contribution >= 0.6 is 0 Å². The normalized spacial score (nSPS) is 13.5. The standard InChI is InChI=1S/C10H20N2O2/c1-5-10(3,4)8(13)6-12-9(14)7(2)11/h7H,5-6,11H2,1-4H3,(H,12,14). The summed E-state index contributed by atoms with van der Waals surface area (Å²) < 4.78 is 0. The van der Waals surface area contributed by atoms with Crippen LogP contribution in [0.5, 0.6) is 0 Å². The number of nitrogens with one attached hydrogen (secondary N) is 1. The van der Waals surface area contributed by atoms with Crippen molar-refractivity contribution < 1.29 is 9.59 Å². The third kappa shape index (κ3) is 3.87. The number of amides is 1. The van der Waals surface area contributed by atoms with E-state index in [1.807, 2.05) is 20.8 Å². The van der Waals surface area contributed by atoms with Crippen LogP contribution in [0.15, 0.2) is 0 Å². The van der Waals surface area contributed by atoms with Crippen LogP contribution in [0.2, 0.25) is 0 Å². The van der Waals surface area contributed by atoms with Crippen molar-refractivity contribution in [2.75, 3.05) is 6.54 Å². The fourth-order valence-corrected chi connectivity index (χ4v) is 0.765. The summed E-state index contributed by atoms with van der Waals surface area (Å²) in [5.41, 5.74) is 4.97. The Bertz CT molecular complexity index is 222. The van der Waals surface area contributed by atoms with Gasteiger partial charge in [0.05, 0.1) is 12.6 Å². The third-order valence-electron chi connectivity index (χ3n) is 2.48. The Labute approximate surface area is 85.2 Å². The molecule has 0 saturated heterocycles. The van der Waals surface area contributed by atoms with Gasteiger partial charge in [-0.1, -0.05) is 20.8 Å². The molecule has 82 valence electrons. The van der Waals surface area contributed by atoms with E-state index in [2.05, 4.69) is 5.32 Å². The Morgan fingerprint density at radius 2 is 1.93 bits per heavy atom. The molecule has 14 heavy (non-hydrogen) atoms. The summed E-state index contributed by atoms with van der Waals surface area (Å²) in [6.07, 6.45) is 0.764. The second kappa shape index (κ2) is 5.10. The minimum absolute atomic E-state index is 0.0361. The van der Waals surface area contributed by atoms with Crippen molar-refractivity contribution >= 4 is 11.7 Å². The SMILES string of the molecule is CCC(C)(C)C(=O)CNC(=O)C(C)N. The van der Waals surface area contributed by atoms with Crippen molar-refractivity contribution in [3.63, 3.8) is 0 Å². The summed E-state index contributed by atoms with van der Waals surface area (Å²) in [6, 6.07) is -0.562. The maximum atomic E-state index is 11.6. The summed E-state index contributed by atoms with van der Waals surface area (Å²) in [4.78, 5) is 22.6. The number of ketones is 1. The van der Waals surface area contributed by atoms with Gasteiger partial charge in [0.1, 0.15) is 0 Å². The average Bonchev–Trinajstić information content (AvgIpc) is 2.13. The highest BCUT2D eigenvalue weighted by Gasteiger charge is 2.25. The Morgan fingerprint density at radius 3 is 2.29 bits per heavy atom. The summed E-state index contributed by atoms with van der Waals surface area (Å²) in [5, 5.41) is 2.51. The van der Waals surface area contributed by atoms with Gasteiger partial charge in [0.15, 0.2) is 5.78 Å². The summed E-state index contributed by atoms with van der Waals surface area (Å²) in [5.74, 6) is -0.251. The number of nitrogens with two attached hydrogens (primary N) is 1. The second-order valence-corrected chi connectivity index (χ2v) is 4.17. The zero-order valence-electron chi connectivity index (χ0n) is 9.39. The van der Waals surface area contributed by atoms with E-state index < -0.39 is 6.04 Å². The summed E-state index contributed by atoms with van der Waals surface area (Å²) in [7, 11) is 0. The van der Waals surface area contributed by atoms with Crippen molar-refractivity contribution in [3.8, 4) is 0 Å². The van der Waals surface area contributed by atoms with Crippen molar-refractivity contribution in [1.29, 1.82) is 0 Å². The maximum Gasteiger partial charge on any atom is 0.236 e. The monoisotopic (exact) mass is 200 g/mol. The molecule has 1 atom stereocenters. The highest BCUT2D eigenvalue weighted by molar-refractivity contribution is 5.90. The Hall–Kier alpha value is -0.900. The predicted octanol–water partition coefficient (Wildman–Crippen LogP) is 0.455. The minimum Gasteiger partial charge on any atom is -0.348 e. The lowest BCUT2D eigenvalue weighted by molar-refractivity contribution is -0.130. The molecule has 0 spiro atoms. The maximum absolute atomic E-state index is 11.6. The lowest BCUT2D eigenvalue weighted by atomic mass is 9.85. The van der Waals surface area contributed by atoms with Gasteiger partial charge in [-0.2, -0.15) is 0 Å². The van der Waals surface area contributed by atoms with Gasteiger partial charge in [0.2, 0.25) is 5.91 Å². The molecular formula is C10H20N2O2. The van der Waals surface area contributed by atoms with E-state index >= 15 is 0 Å². The van der Waals surface area contributed by atoms with E-state index in [4.69, 9.17) is 5.73 Å². The molecule has 4 heteroatoms. The lowest BCUT2D eigenvalue weighted by Gasteiger charge is -2.21. The largest absolute Gasteiger partial charge is 0.348 e. The zero-order chi connectivity index (χ0) is 11.4. The molecule has 0 fully saturated rings. The van der Waals surface area contributed by atoms with E-state index in [1.165, 1.54) is 0 Å². The quantitative estimate of drug-likeness (QED) is 0.677. The first-order chi connectivity index (χ1) is 6.31. The van der Waals surface area contributed by atoms with Gasteiger partial charge < -0.3 is 11.1 Å². The van der Waals surface area contributed by atoms with Crippen LogP contribution in [0.4, 0.5) is 0 Å². The second-order valence-electron chi connectivity index (χ2n) is 4.17. The molecule has 0 aromatic carbocycles. The fraction of sp³-hybridized carbons (Fsp3) is 0.800. The smallest absolute Gasteiger partial charge is 0.236 e. The first-order valence-corrected chi connectivity index (χ1v) is 4.88. The Morgan fingerprint density at radius 1 is 1.43 bits per heavy atom. The third-order valence-corrected chi connectivity index (χ3v) is 2.48. The van der Waals surface area contributed by atoms with Crippen LogP contribution < -0.4 is 11.1 Å². The average molecular weight is 200 g/mol. The molecule has 0 aromatic heterocycles. The lowest BCUT2D eigenvalue weighted by Crippen LogP contribution is -2.43. The topological polar surface area (TPSA) is 72.2 Å². The molecule has 0 radical (unpaired) electrons.